The van der Waals surface area contributed by atoms with E-state index in [2.05, 4.69) is 35.2 Å². The molecule has 0 amide bonds. The van der Waals surface area contributed by atoms with Gasteiger partial charge in [-0.05, 0) is 50.4 Å². The third kappa shape index (κ3) is 3.12. The van der Waals surface area contributed by atoms with Gasteiger partial charge in [0.2, 0.25) is 0 Å². The van der Waals surface area contributed by atoms with E-state index >= 15 is 0 Å². The van der Waals surface area contributed by atoms with Crippen molar-refractivity contribution >= 4 is 7.85 Å². The topological polar surface area (TPSA) is 3.24 Å². The highest BCUT2D eigenvalue weighted by atomic mass is 15.1. The summed E-state index contributed by atoms with van der Waals surface area (Å²) in [7, 11) is 5.54. The Balaban J connectivity index is 1.81. The van der Waals surface area contributed by atoms with E-state index in [4.69, 9.17) is 7.85 Å². The van der Waals surface area contributed by atoms with Crippen LogP contribution in [-0.4, -0.2) is 32.4 Å². The van der Waals surface area contributed by atoms with Crippen molar-refractivity contribution in [1.29, 1.82) is 0 Å². The van der Waals surface area contributed by atoms with Crippen LogP contribution in [0.5, 0.6) is 0 Å². The van der Waals surface area contributed by atoms with Crippen LogP contribution in [0.4, 0.5) is 0 Å². The molecule has 0 aromatic heterocycles. The highest BCUT2D eigenvalue weighted by Crippen LogP contribution is 2.27. The first-order chi connectivity index (χ1) is 7.90. The summed E-state index contributed by atoms with van der Waals surface area (Å²) in [6.07, 6.45) is 4.55. The molecule has 0 spiro atoms. The van der Waals surface area contributed by atoms with Crippen molar-refractivity contribution in [2.24, 2.45) is 0 Å². The van der Waals surface area contributed by atoms with Gasteiger partial charge in [0.05, 0.1) is 7.85 Å². The molecule has 1 nitrogen and oxygen atoms in total. The fourth-order valence-corrected chi connectivity index (χ4v) is 2.53. The van der Waals surface area contributed by atoms with E-state index < -0.39 is 0 Å². The number of hydrogen-bond acceptors (Lipinski definition) is 1. The van der Waals surface area contributed by atoms with Crippen molar-refractivity contribution in [1.82, 2.24) is 4.90 Å². The van der Waals surface area contributed by atoms with Crippen LogP contribution in [0.3, 0.4) is 0 Å². The Labute approximate surface area is 100 Å². The van der Waals surface area contributed by atoms with Gasteiger partial charge in [-0.25, -0.2) is 0 Å². The second kappa shape index (κ2) is 6.10. The Hall–Kier alpha value is -0.755. The summed E-state index contributed by atoms with van der Waals surface area (Å²) in [5.74, 6) is 0.773. The fourth-order valence-electron chi connectivity index (χ4n) is 2.53. The maximum Gasteiger partial charge on any atom is 0.0653 e. The molecule has 84 valence electrons. The second-order valence-electron chi connectivity index (χ2n) is 4.67. The zero-order valence-corrected chi connectivity index (χ0v) is 9.94. The Morgan fingerprint density at radius 3 is 2.44 bits per heavy atom. The molecule has 0 bridgehead atoms. The minimum absolute atomic E-state index is 0.773. The van der Waals surface area contributed by atoms with Crippen molar-refractivity contribution in [3.63, 3.8) is 0 Å². The van der Waals surface area contributed by atoms with Crippen LogP contribution in [0.2, 0.25) is 6.32 Å². The van der Waals surface area contributed by atoms with E-state index in [0.717, 1.165) is 18.7 Å². The predicted molar refractivity (Wildman–Crippen MR) is 70.0 cm³/mol. The molecule has 1 aliphatic rings. The molecule has 0 aliphatic carbocycles. The van der Waals surface area contributed by atoms with Crippen LogP contribution in [0.1, 0.15) is 30.7 Å². The molecule has 0 N–H and O–H groups in total. The first-order valence-corrected chi connectivity index (χ1v) is 6.37. The van der Waals surface area contributed by atoms with E-state index in [-0.39, 0.29) is 0 Å². The monoisotopic (exact) mass is 213 g/mol. The van der Waals surface area contributed by atoms with Crippen molar-refractivity contribution in [2.75, 3.05) is 19.6 Å². The van der Waals surface area contributed by atoms with E-state index in [1.807, 2.05) is 0 Å². The molecule has 1 aromatic carbocycles. The van der Waals surface area contributed by atoms with Gasteiger partial charge < -0.3 is 4.90 Å². The van der Waals surface area contributed by atoms with Crippen molar-refractivity contribution in [3.05, 3.63) is 35.9 Å². The Bertz CT molecular complexity index is 291. The molecule has 1 aromatic rings. The minimum Gasteiger partial charge on any atom is -0.303 e. The fraction of sp³-hybridized carbons (Fsp3) is 0.571. The summed E-state index contributed by atoms with van der Waals surface area (Å²) in [6, 6.07) is 10.9. The summed E-state index contributed by atoms with van der Waals surface area (Å²) >= 11 is 0. The van der Waals surface area contributed by atoms with Crippen LogP contribution < -0.4 is 0 Å². The average molecular weight is 213 g/mol. The minimum atomic E-state index is 0.773. The lowest BCUT2D eigenvalue weighted by atomic mass is 9.89. The van der Waals surface area contributed by atoms with Crippen LogP contribution >= 0.6 is 0 Å². The average Bonchev–Trinajstić information content (AvgIpc) is 2.38. The van der Waals surface area contributed by atoms with Gasteiger partial charge in [0.25, 0.3) is 0 Å². The van der Waals surface area contributed by atoms with Gasteiger partial charge in [-0.3, -0.25) is 0 Å². The molecule has 2 radical (unpaired) electrons. The van der Waals surface area contributed by atoms with E-state index in [1.165, 1.54) is 38.0 Å². The molecule has 0 unspecified atom stereocenters. The number of piperidine rings is 1. The molecular weight excluding hydrogens is 193 g/mol. The number of likely N-dealkylation sites (tertiary alicyclic amines) is 1. The third-order valence-corrected chi connectivity index (χ3v) is 3.54. The summed E-state index contributed by atoms with van der Waals surface area (Å²) in [5.41, 5.74) is 1.51. The summed E-state index contributed by atoms with van der Waals surface area (Å²) in [5, 5.41) is 0. The maximum absolute atomic E-state index is 5.54. The zero-order valence-electron chi connectivity index (χ0n) is 9.94. The lowest BCUT2D eigenvalue weighted by molar-refractivity contribution is 0.213. The Kier molecular flexibility index (Phi) is 4.47. The molecule has 16 heavy (non-hydrogen) atoms. The summed E-state index contributed by atoms with van der Waals surface area (Å²) in [6.45, 7) is 3.65. The van der Waals surface area contributed by atoms with Crippen LogP contribution in [-0.2, 0) is 0 Å². The molecule has 2 heteroatoms. The third-order valence-electron chi connectivity index (χ3n) is 3.54. The summed E-state index contributed by atoms with van der Waals surface area (Å²) < 4.78 is 0. The van der Waals surface area contributed by atoms with E-state index in [0.29, 0.717) is 0 Å². The molecule has 2 rings (SSSR count). The number of hydrogen-bond donors (Lipinski definition) is 0. The van der Waals surface area contributed by atoms with Crippen molar-refractivity contribution in [2.45, 2.75) is 31.5 Å². The molecule has 1 aliphatic heterocycles. The lowest BCUT2D eigenvalue weighted by Gasteiger charge is -2.32. The molecule has 1 fully saturated rings. The van der Waals surface area contributed by atoms with Crippen LogP contribution in [0.15, 0.2) is 30.3 Å². The Morgan fingerprint density at radius 2 is 1.81 bits per heavy atom. The number of rotatable bonds is 4. The molecular formula is C14H20BN. The van der Waals surface area contributed by atoms with Gasteiger partial charge in [-0.2, -0.15) is 0 Å². The number of nitrogens with zero attached hydrogens (tertiary/aromatic N) is 1. The van der Waals surface area contributed by atoms with Crippen molar-refractivity contribution < 1.29 is 0 Å². The quantitative estimate of drug-likeness (QED) is 0.695. The summed E-state index contributed by atoms with van der Waals surface area (Å²) in [4.78, 5) is 2.55. The van der Waals surface area contributed by atoms with Gasteiger partial charge in [-0.1, -0.05) is 36.7 Å². The zero-order chi connectivity index (χ0) is 11.2. The maximum atomic E-state index is 5.54. The van der Waals surface area contributed by atoms with Gasteiger partial charge in [0.15, 0.2) is 0 Å². The van der Waals surface area contributed by atoms with Gasteiger partial charge >= 0.3 is 0 Å². The SMILES string of the molecule is [B]CCCN1CCC(c2ccccc2)CC1. The van der Waals surface area contributed by atoms with Crippen LogP contribution in [0, 0.1) is 0 Å². The predicted octanol–water partition coefficient (Wildman–Crippen LogP) is 2.84. The second-order valence-corrected chi connectivity index (χ2v) is 4.67. The largest absolute Gasteiger partial charge is 0.303 e. The van der Waals surface area contributed by atoms with Gasteiger partial charge in [0.1, 0.15) is 0 Å². The first-order valence-electron chi connectivity index (χ1n) is 6.37. The van der Waals surface area contributed by atoms with Crippen LogP contribution in [0.25, 0.3) is 0 Å². The Morgan fingerprint density at radius 1 is 1.12 bits per heavy atom. The standard InChI is InChI=1S/C14H20BN/c15-9-4-10-16-11-7-14(8-12-16)13-5-2-1-3-6-13/h1-3,5-6,14H,4,7-12H2. The highest BCUT2D eigenvalue weighted by Gasteiger charge is 2.19. The normalized spacial score (nSPS) is 18.8. The van der Waals surface area contributed by atoms with E-state index in [1.54, 1.807) is 0 Å². The van der Waals surface area contributed by atoms with Crippen molar-refractivity contribution in [3.8, 4) is 0 Å². The van der Waals surface area contributed by atoms with Gasteiger partial charge in [-0.15, -0.1) is 0 Å². The van der Waals surface area contributed by atoms with Gasteiger partial charge in [0, 0.05) is 0 Å². The number of benzene rings is 1. The molecule has 0 saturated carbocycles. The lowest BCUT2D eigenvalue weighted by Crippen LogP contribution is -2.33. The van der Waals surface area contributed by atoms with E-state index in [9.17, 15) is 0 Å². The first kappa shape index (κ1) is 11.7. The smallest absolute Gasteiger partial charge is 0.0653 e. The molecule has 0 atom stereocenters. The molecule has 1 saturated heterocycles. The highest BCUT2D eigenvalue weighted by molar-refractivity contribution is 6.08. The molecule has 1 heterocycles.